The molecule has 0 aliphatic heterocycles. The van der Waals surface area contributed by atoms with Crippen molar-refractivity contribution in [3.63, 3.8) is 0 Å². The van der Waals surface area contributed by atoms with Crippen molar-refractivity contribution in [3.8, 4) is 44.5 Å². The Morgan fingerprint density at radius 3 is 1.46 bits per heavy atom. The van der Waals surface area contributed by atoms with Gasteiger partial charge in [0.15, 0.2) is 0 Å². The first kappa shape index (κ1) is 26.8. The van der Waals surface area contributed by atoms with Gasteiger partial charge in [-0.25, -0.2) is 0 Å². The molecule has 224 valence electrons. The SMILES string of the molecule is c1ccc(-c2c3ccccc3c(-c3ccc(-c4ccc5oc6ccc7c(-c8ccccc8)coc7c6c5c4)cc3)c3ccccc23)cc1. The van der Waals surface area contributed by atoms with Gasteiger partial charge in [-0.05, 0) is 84.8 Å². The smallest absolute Gasteiger partial charge is 0.146 e. The first-order chi connectivity index (χ1) is 23.8. The lowest BCUT2D eigenvalue weighted by molar-refractivity contribution is 0.619. The molecule has 48 heavy (non-hydrogen) atoms. The molecule has 0 fully saturated rings. The topological polar surface area (TPSA) is 26.3 Å². The van der Waals surface area contributed by atoms with Crippen molar-refractivity contribution in [2.24, 2.45) is 0 Å². The largest absolute Gasteiger partial charge is 0.463 e. The lowest BCUT2D eigenvalue weighted by atomic mass is 9.86. The van der Waals surface area contributed by atoms with Crippen LogP contribution in [0.5, 0.6) is 0 Å². The van der Waals surface area contributed by atoms with E-state index in [0.29, 0.717) is 0 Å². The highest BCUT2D eigenvalue weighted by atomic mass is 16.3. The van der Waals surface area contributed by atoms with E-state index in [-0.39, 0.29) is 0 Å². The zero-order chi connectivity index (χ0) is 31.6. The molecule has 0 saturated carbocycles. The Bertz CT molecular complexity index is 2750. The van der Waals surface area contributed by atoms with Gasteiger partial charge in [0.05, 0.1) is 11.6 Å². The maximum absolute atomic E-state index is 6.31. The molecule has 2 aromatic heterocycles. The molecule has 0 aliphatic carbocycles. The fourth-order valence-electron chi connectivity index (χ4n) is 7.56. The Labute approximate surface area is 277 Å². The highest BCUT2D eigenvalue weighted by molar-refractivity contribution is 6.22. The van der Waals surface area contributed by atoms with Crippen molar-refractivity contribution < 1.29 is 8.83 Å². The van der Waals surface area contributed by atoms with Crippen molar-refractivity contribution in [1.29, 1.82) is 0 Å². The van der Waals surface area contributed by atoms with Crippen LogP contribution >= 0.6 is 0 Å². The number of fused-ring (bicyclic) bond motifs is 7. The molecule has 0 spiro atoms. The second kappa shape index (κ2) is 10.6. The number of benzene rings is 8. The molecule has 0 saturated heterocycles. The zero-order valence-corrected chi connectivity index (χ0v) is 26.0. The van der Waals surface area contributed by atoms with Gasteiger partial charge in [0.2, 0.25) is 0 Å². The second-order valence-electron chi connectivity index (χ2n) is 12.4. The van der Waals surface area contributed by atoms with Crippen molar-refractivity contribution in [2.45, 2.75) is 0 Å². The van der Waals surface area contributed by atoms with Crippen LogP contribution < -0.4 is 0 Å². The van der Waals surface area contributed by atoms with E-state index in [2.05, 4.69) is 158 Å². The van der Waals surface area contributed by atoms with Crippen LogP contribution in [0.1, 0.15) is 0 Å². The van der Waals surface area contributed by atoms with Gasteiger partial charge in [-0.2, -0.15) is 0 Å². The summed E-state index contributed by atoms with van der Waals surface area (Å²) < 4.78 is 12.5. The molecule has 0 radical (unpaired) electrons. The Kier molecular flexibility index (Phi) is 5.91. The van der Waals surface area contributed by atoms with E-state index in [9.17, 15) is 0 Å². The summed E-state index contributed by atoms with van der Waals surface area (Å²) in [4.78, 5) is 0. The summed E-state index contributed by atoms with van der Waals surface area (Å²) in [5.74, 6) is 0. The number of furan rings is 2. The molecule has 10 rings (SSSR count). The quantitative estimate of drug-likeness (QED) is 0.185. The van der Waals surface area contributed by atoms with Gasteiger partial charge in [0.25, 0.3) is 0 Å². The van der Waals surface area contributed by atoms with Crippen LogP contribution in [0, 0.1) is 0 Å². The molecule has 2 heteroatoms. The van der Waals surface area contributed by atoms with E-state index < -0.39 is 0 Å². The standard InChI is InChI=1S/C46H28O2/c1-3-11-30(12-4-1)40-28-47-46-38(40)24-26-42-45(46)39-27-33(23-25-41(39)48-42)29-19-21-32(22-20-29)44-36-17-9-7-15-34(36)43(31-13-5-2-6-14-31)35-16-8-10-18-37(35)44/h1-28H. The highest BCUT2D eigenvalue weighted by Crippen LogP contribution is 2.44. The molecule has 8 aromatic carbocycles. The van der Waals surface area contributed by atoms with Gasteiger partial charge in [0, 0.05) is 16.3 Å². The summed E-state index contributed by atoms with van der Waals surface area (Å²) in [6.07, 6.45) is 1.86. The summed E-state index contributed by atoms with van der Waals surface area (Å²) in [6, 6.07) is 58.4. The fraction of sp³-hybridized carbons (Fsp3) is 0. The molecule has 0 aliphatic rings. The molecular formula is C46H28O2. The van der Waals surface area contributed by atoms with E-state index in [1.165, 1.54) is 43.8 Å². The predicted molar refractivity (Wildman–Crippen MR) is 200 cm³/mol. The van der Waals surface area contributed by atoms with Crippen molar-refractivity contribution >= 4 is 54.5 Å². The molecule has 0 bridgehead atoms. The van der Waals surface area contributed by atoms with Crippen LogP contribution in [0.3, 0.4) is 0 Å². The van der Waals surface area contributed by atoms with Gasteiger partial charge < -0.3 is 8.83 Å². The monoisotopic (exact) mass is 612 g/mol. The molecular weight excluding hydrogens is 585 g/mol. The van der Waals surface area contributed by atoms with Gasteiger partial charge in [0.1, 0.15) is 16.7 Å². The Hall–Kier alpha value is -6.38. The first-order valence-electron chi connectivity index (χ1n) is 16.3. The van der Waals surface area contributed by atoms with Crippen molar-refractivity contribution in [1.82, 2.24) is 0 Å². The maximum atomic E-state index is 6.31. The third kappa shape index (κ3) is 4.06. The minimum absolute atomic E-state index is 0.830. The van der Waals surface area contributed by atoms with Crippen LogP contribution in [0.2, 0.25) is 0 Å². The molecule has 2 heterocycles. The summed E-state index contributed by atoms with van der Waals surface area (Å²) in [6.45, 7) is 0. The number of hydrogen-bond acceptors (Lipinski definition) is 2. The first-order valence-corrected chi connectivity index (χ1v) is 16.3. The lowest BCUT2D eigenvalue weighted by Gasteiger charge is -2.18. The van der Waals surface area contributed by atoms with E-state index in [0.717, 1.165) is 55.2 Å². The van der Waals surface area contributed by atoms with E-state index in [1.807, 2.05) is 12.3 Å². The second-order valence-corrected chi connectivity index (χ2v) is 12.4. The minimum Gasteiger partial charge on any atom is -0.463 e. The number of hydrogen-bond donors (Lipinski definition) is 0. The van der Waals surface area contributed by atoms with Gasteiger partial charge in [-0.15, -0.1) is 0 Å². The fourth-order valence-corrected chi connectivity index (χ4v) is 7.56. The molecule has 0 amide bonds. The third-order valence-corrected chi connectivity index (χ3v) is 9.76. The van der Waals surface area contributed by atoms with Crippen LogP contribution in [0.25, 0.3) is 99.0 Å². The van der Waals surface area contributed by atoms with Gasteiger partial charge in [-0.3, -0.25) is 0 Å². The van der Waals surface area contributed by atoms with Crippen LogP contribution in [0.15, 0.2) is 179 Å². The average molecular weight is 613 g/mol. The summed E-state index contributed by atoms with van der Waals surface area (Å²) in [5.41, 5.74) is 12.0. The van der Waals surface area contributed by atoms with Crippen molar-refractivity contribution in [2.75, 3.05) is 0 Å². The van der Waals surface area contributed by atoms with E-state index in [4.69, 9.17) is 8.83 Å². The van der Waals surface area contributed by atoms with Crippen LogP contribution in [-0.4, -0.2) is 0 Å². The van der Waals surface area contributed by atoms with E-state index in [1.54, 1.807) is 0 Å². The average Bonchev–Trinajstić information content (AvgIpc) is 3.76. The normalized spacial score (nSPS) is 11.8. The molecule has 0 atom stereocenters. The molecule has 2 nitrogen and oxygen atoms in total. The molecule has 0 N–H and O–H groups in total. The van der Waals surface area contributed by atoms with Crippen LogP contribution in [0.4, 0.5) is 0 Å². The Morgan fingerprint density at radius 2 is 0.833 bits per heavy atom. The van der Waals surface area contributed by atoms with Crippen LogP contribution in [-0.2, 0) is 0 Å². The van der Waals surface area contributed by atoms with E-state index >= 15 is 0 Å². The molecule has 0 unspecified atom stereocenters. The summed E-state index contributed by atoms with van der Waals surface area (Å²) in [7, 11) is 0. The van der Waals surface area contributed by atoms with Gasteiger partial charge >= 0.3 is 0 Å². The Morgan fingerprint density at radius 1 is 0.333 bits per heavy atom. The number of rotatable bonds is 4. The third-order valence-electron chi connectivity index (χ3n) is 9.76. The zero-order valence-electron chi connectivity index (χ0n) is 26.0. The van der Waals surface area contributed by atoms with Gasteiger partial charge in [-0.1, -0.05) is 140 Å². The lowest BCUT2D eigenvalue weighted by Crippen LogP contribution is -1.90. The summed E-state index contributed by atoms with van der Waals surface area (Å²) in [5, 5.41) is 8.19. The Balaban J connectivity index is 1.11. The highest BCUT2D eigenvalue weighted by Gasteiger charge is 2.18. The van der Waals surface area contributed by atoms with Crippen molar-refractivity contribution in [3.05, 3.63) is 170 Å². The minimum atomic E-state index is 0.830. The maximum Gasteiger partial charge on any atom is 0.146 e. The summed E-state index contributed by atoms with van der Waals surface area (Å²) >= 11 is 0. The molecule has 10 aromatic rings. The predicted octanol–water partition coefficient (Wildman–Crippen LogP) is 13.3.